The number of nitrogens with one attached hydrogen (secondary N) is 2. The molecule has 0 bridgehead atoms. The summed E-state index contributed by atoms with van der Waals surface area (Å²) in [5.74, 6) is -0.404. The van der Waals surface area contributed by atoms with E-state index in [1.165, 1.54) is 14.0 Å². The molecule has 0 atom stereocenters. The van der Waals surface area contributed by atoms with Crippen LogP contribution in [-0.2, 0) is 4.79 Å². The largest absolute Gasteiger partial charge is 0.495 e. The summed E-state index contributed by atoms with van der Waals surface area (Å²) in [6.07, 6.45) is 4.28. The zero-order valence-corrected chi connectivity index (χ0v) is 21.2. The SMILES string of the molecule is COc1ccc(NC(C)=O)cc1NC(=O)c1cccc(-c2nc3cc(C(=O)O)ccc3n2C2CCCC2)c1. The highest BCUT2D eigenvalue weighted by Crippen LogP contribution is 2.37. The van der Waals surface area contributed by atoms with Gasteiger partial charge in [0.05, 0.1) is 29.4 Å². The highest BCUT2D eigenvalue weighted by Gasteiger charge is 2.24. The van der Waals surface area contributed by atoms with Gasteiger partial charge >= 0.3 is 5.97 Å². The topological polar surface area (TPSA) is 123 Å². The van der Waals surface area contributed by atoms with Gasteiger partial charge < -0.3 is 25.0 Å². The molecule has 0 unspecified atom stereocenters. The van der Waals surface area contributed by atoms with E-state index in [9.17, 15) is 19.5 Å². The molecule has 1 aromatic heterocycles. The number of fused-ring (bicyclic) bond motifs is 1. The van der Waals surface area contributed by atoms with Gasteiger partial charge in [-0.25, -0.2) is 9.78 Å². The summed E-state index contributed by atoms with van der Waals surface area (Å²) in [6.45, 7) is 1.41. The van der Waals surface area contributed by atoms with E-state index in [0.29, 0.717) is 34.0 Å². The lowest BCUT2D eigenvalue weighted by Crippen LogP contribution is -2.14. The summed E-state index contributed by atoms with van der Waals surface area (Å²) in [5.41, 5.74) is 3.82. The summed E-state index contributed by atoms with van der Waals surface area (Å²) in [5, 5.41) is 15.0. The van der Waals surface area contributed by atoms with Gasteiger partial charge in [-0.2, -0.15) is 0 Å². The first kappa shape index (κ1) is 25.0. The summed E-state index contributed by atoms with van der Waals surface area (Å²) in [6, 6.07) is 17.5. The van der Waals surface area contributed by atoms with Crippen molar-refractivity contribution in [3.8, 4) is 17.1 Å². The highest BCUT2D eigenvalue weighted by molar-refractivity contribution is 6.06. The number of carboxylic acid groups (broad SMARTS) is 1. The number of hydrogen-bond acceptors (Lipinski definition) is 5. The quantitative estimate of drug-likeness (QED) is 0.290. The lowest BCUT2D eigenvalue weighted by molar-refractivity contribution is -0.114. The minimum Gasteiger partial charge on any atom is -0.495 e. The van der Waals surface area contributed by atoms with Gasteiger partial charge in [-0.1, -0.05) is 25.0 Å². The van der Waals surface area contributed by atoms with E-state index in [2.05, 4.69) is 15.2 Å². The number of aromatic carboxylic acids is 1. The molecule has 0 aliphatic heterocycles. The third kappa shape index (κ3) is 4.95. The van der Waals surface area contributed by atoms with Crippen molar-refractivity contribution in [3.05, 3.63) is 71.8 Å². The third-order valence-corrected chi connectivity index (χ3v) is 6.78. The average Bonchev–Trinajstić information content (AvgIpc) is 3.56. The second-order valence-corrected chi connectivity index (χ2v) is 9.38. The van der Waals surface area contributed by atoms with E-state index < -0.39 is 5.97 Å². The van der Waals surface area contributed by atoms with Gasteiger partial charge in [0, 0.05) is 29.8 Å². The summed E-state index contributed by atoms with van der Waals surface area (Å²) < 4.78 is 7.57. The number of rotatable bonds is 7. The van der Waals surface area contributed by atoms with Gasteiger partial charge in [0.15, 0.2) is 0 Å². The molecule has 194 valence electrons. The van der Waals surface area contributed by atoms with Crippen LogP contribution in [0.3, 0.4) is 0 Å². The van der Waals surface area contributed by atoms with Gasteiger partial charge in [0.1, 0.15) is 11.6 Å². The fourth-order valence-electron chi connectivity index (χ4n) is 5.05. The van der Waals surface area contributed by atoms with E-state index >= 15 is 0 Å². The van der Waals surface area contributed by atoms with Crippen LogP contribution in [0, 0.1) is 0 Å². The Balaban J connectivity index is 1.52. The van der Waals surface area contributed by atoms with Gasteiger partial charge in [-0.15, -0.1) is 0 Å². The molecular formula is C29H28N4O5. The van der Waals surface area contributed by atoms with Gasteiger partial charge in [0.25, 0.3) is 5.91 Å². The number of anilines is 2. The minimum atomic E-state index is -1.000. The first-order valence-corrected chi connectivity index (χ1v) is 12.5. The highest BCUT2D eigenvalue weighted by atomic mass is 16.5. The number of aromatic nitrogens is 2. The molecule has 9 heteroatoms. The normalized spacial score (nSPS) is 13.4. The van der Waals surface area contributed by atoms with E-state index in [4.69, 9.17) is 9.72 Å². The smallest absolute Gasteiger partial charge is 0.335 e. The zero-order valence-electron chi connectivity index (χ0n) is 21.2. The molecule has 0 radical (unpaired) electrons. The number of nitrogens with zero attached hydrogens (tertiary/aromatic N) is 2. The number of carboxylic acids is 1. The van der Waals surface area contributed by atoms with Crippen LogP contribution < -0.4 is 15.4 Å². The monoisotopic (exact) mass is 512 g/mol. The van der Waals surface area contributed by atoms with E-state index in [-0.39, 0.29) is 23.4 Å². The fourth-order valence-corrected chi connectivity index (χ4v) is 5.05. The van der Waals surface area contributed by atoms with Gasteiger partial charge in [-0.3, -0.25) is 9.59 Å². The first-order valence-electron chi connectivity index (χ1n) is 12.5. The lowest BCUT2D eigenvalue weighted by atomic mass is 10.1. The molecule has 3 aromatic carbocycles. The van der Waals surface area contributed by atoms with Crippen LogP contribution in [0.1, 0.15) is 59.4 Å². The molecule has 1 saturated carbocycles. The van der Waals surface area contributed by atoms with Crippen molar-refractivity contribution in [1.29, 1.82) is 0 Å². The molecule has 38 heavy (non-hydrogen) atoms. The van der Waals surface area contributed by atoms with Crippen LogP contribution in [-0.4, -0.2) is 39.6 Å². The van der Waals surface area contributed by atoms with Gasteiger partial charge in [-0.05, 0) is 61.4 Å². The number of carbonyl (C=O) groups excluding carboxylic acids is 2. The summed E-state index contributed by atoms with van der Waals surface area (Å²) in [7, 11) is 1.51. The molecule has 2 amide bonds. The molecule has 1 aliphatic rings. The maximum absolute atomic E-state index is 13.3. The third-order valence-electron chi connectivity index (χ3n) is 6.78. The molecule has 1 fully saturated rings. The number of methoxy groups -OCH3 is 1. The van der Waals surface area contributed by atoms with Crippen molar-refractivity contribution >= 4 is 40.2 Å². The van der Waals surface area contributed by atoms with Crippen molar-refractivity contribution < 1.29 is 24.2 Å². The molecule has 9 nitrogen and oxygen atoms in total. The maximum Gasteiger partial charge on any atom is 0.335 e. The lowest BCUT2D eigenvalue weighted by Gasteiger charge is -2.17. The van der Waals surface area contributed by atoms with Crippen LogP contribution in [0.2, 0.25) is 0 Å². The Morgan fingerprint density at radius 3 is 2.47 bits per heavy atom. The second kappa shape index (κ2) is 10.4. The molecular weight excluding hydrogens is 484 g/mol. The maximum atomic E-state index is 13.3. The number of hydrogen-bond donors (Lipinski definition) is 3. The van der Waals surface area contributed by atoms with Crippen LogP contribution in [0.4, 0.5) is 11.4 Å². The van der Waals surface area contributed by atoms with Crippen LogP contribution >= 0.6 is 0 Å². The van der Waals surface area contributed by atoms with Crippen molar-refractivity contribution in [2.45, 2.75) is 38.6 Å². The number of ether oxygens (including phenoxy) is 1. The van der Waals surface area contributed by atoms with E-state index in [1.54, 1.807) is 48.5 Å². The molecule has 4 aromatic rings. The number of imidazole rings is 1. The zero-order chi connectivity index (χ0) is 26.8. The Hall–Kier alpha value is -4.66. The Bertz CT molecular complexity index is 1550. The Labute approximate surface area is 219 Å². The Morgan fingerprint density at radius 2 is 1.76 bits per heavy atom. The summed E-state index contributed by atoms with van der Waals surface area (Å²) in [4.78, 5) is 41.1. The van der Waals surface area contributed by atoms with Gasteiger partial charge in [0.2, 0.25) is 5.91 Å². The number of amides is 2. The van der Waals surface area contributed by atoms with Crippen molar-refractivity contribution in [3.63, 3.8) is 0 Å². The minimum absolute atomic E-state index is 0.184. The molecule has 1 heterocycles. The van der Waals surface area contributed by atoms with E-state index in [1.807, 2.05) is 12.1 Å². The molecule has 3 N–H and O–H groups in total. The van der Waals surface area contributed by atoms with Crippen LogP contribution in [0.25, 0.3) is 22.4 Å². The van der Waals surface area contributed by atoms with Crippen molar-refractivity contribution in [2.24, 2.45) is 0 Å². The van der Waals surface area contributed by atoms with Crippen molar-refractivity contribution in [1.82, 2.24) is 9.55 Å². The van der Waals surface area contributed by atoms with Crippen LogP contribution in [0.5, 0.6) is 5.75 Å². The average molecular weight is 513 g/mol. The van der Waals surface area contributed by atoms with Crippen LogP contribution in [0.15, 0.2) is 60.7 Å². The fraction of sp³-hybridized carbons (Fsp3) is 0.241. The molecule has 0 spiro atoms. The van der Waals surface area contributed by atoms with E-state index in [0.717, 1.165) is 36.8 Å². The number of benzene rings is 3. The summed E-state index contributed by atoms with van der Waals surface area (Å²) >= 11 is 0. The Morgan fingerprint density at radius 1 is 0.974 bits per heavy atom. The second-order valence-electron chi connectivity index (χ2n) is 9.38. The molecule has 0 saturated heterocycles. The van der Waals surface area contributed by atoms with Crippen molar-refractivity contribution in [2.75, 3.05) is 17.7 Å². The molecule has 1 aliphatic carbocycles. The predicted molar refractivity (Wildman–Crippen MR) is 145 cm³/mol. The Kier molecular flexibility index (Phi) is 6.83. The standard InChI is InChI=1S/C29H28N4O5/c1-17(34)30-21-11-13-26(38-2)24(16-21)32-28(35)19-7-5-6-18(14-19)27-31-23-15-20(29(36)37)10-12-25(23)33(27)22-8-3-4-9-22/h5-7,10-16,22H,3-4,8-9H2,1-2H3,(H,30,34)(H,32,35)(H,36,37). The number of carbonyl (C=O) groups is 3. The predicted octanol–water partition coefficient (Wildman–Crippen LogP) is 5.74. The first-order chi connectivity index (χ1) is 18.3. The molecule has 5 rings (SSSR count).